The molecule has 146 valence electrons. The predicted octanol–water partition coefficient (Wildman–Crippen LogP) is 4.33. The summed E-state index contributed by atoms with van der Waals surface area (Å²) in [6.07, 6.45) is 9.15. The molecule has 1 aliphatic rings. The lowest BCUT2D eigenvalue weighted by Gasteiger charge is -2.17. The van der Waals surface area contributed by atoms with Crippen LogP contribution in [0.25, 0.3) is 0 Å². The molecular weight excluding hydrogens is 362 g/mol. The topological polar surface area (TPSA) is 80.3 Å². The zero-order valence-corrected chi connectivity index (χ0v) is 16.7. The third-order valence-corrected chi connectivity index (χ3v) is 6.26. The van der Waals surface area contributed by atoms with Gasteiger partial charge in [0.2, 0.25) is 0 Å². The van der Waals surface area contributed by atoms with E-state index in [1.54, 1.807) is 31.5 Å². The number of aromatic nitrogens is 1. The van der Waals surface area contributed by atoms with Crippen molar-refractivity contribution in [1.82, 2.24) is 4.98 Å². The summed E-state index contributed by atoms with van der Waals surface area (Å²) in [6, 6.07) is 8.79. The largest absolute Gasteiger partial charge is 0.496 e. The highest BCUT2D eigenvalue weighted by atomic mass is 32.2. The van der Waals surface area contributed by atoms with Gasteiger partial charge in [0, 0.05) is 6.04 Å². The summed E-state index contributed by atoms with van der Waals surface area (Å²) in [5, 5.41) is 3.51. The SMILES string of the molecule is COc1ccc(S(=O)(=O)Nc2ccc(NC3CCCCCC3)cn2)cc1C. The standard InChI is InChI=1S/C20H27N3O3S/c1-15-13-18(10-11-19(15)26-2)27(24,25)23-20-12-9-17(14-21-20)22-16-7-5-3-4-6-8-16/h9-14,16,22H,3-8H2,1-2H3,(H,21,23). The molecule has 2 aromatic rings. The Hall–Kier alpha value is -2.28. The van der Waals surface area contributed by atoms with E-state index in [9.17, 15) is 8.42 Å². The normalized spacial score (nSPS) is 15.8. The van der Waals surface area contributed by atoms with Crippen LogP contribution in [-0.2, 0) is 10.0 Å². The monoisotopic (exact) mass is 389 g/mol. The number of aryl methyl sites for hydroxylation is 1. The summed E-state index contributed by atoms with van der Waals surface area (Å²) in [5.41, 5.74) is 1.68. The third kappa shape index (κ3) is 5.13. The van der Waals surface area contributed by atoms with Gasteiger partial charge in [-0.1, -0.05) is 25.7 Å². The molecule has 0 spiro atoms. The Bertz CT molecular complexity index is 859. The summed E-state index contributed by atoms with van der Waals surface area (Å²) in [6.45, 7) is 1.81. The molecule has 1 heterocycles. The van der Waals surface area contributed by atoms with E-state index in [0.717, 1.165) is 11.3 Å². The van der Waals surface area contributed by atoms with Crippen LogP contribution in [0, 0.1) is 6.92 Å². The van der Waals surface area contributed by atoms with E-state index in [4.69, 9.17) is 4.74 Å². The Morgan fingerprint density at radius 2 is 1.81 bits per heavy atom. The molecular formula is C20H27N3O3S. The lowest BCUT2D eigenvalue weighted by atomic mass is 10.1. The van der Waals surface area contributed by atoms with Crippen LogP contribution in [0.1, 0.15) is 44.1 Å². The maximum absolute atomic E-state index is 12.6. The molecule has 27 heavy (non-hydrogen) atoms. The Balaban J connectivity index is 1.67. The van der Waals surface area contributed by atoms with E-state index < -0.39 is 10.0 Å². The van der Waals surface area contributed by atoms with Gasteiger partial charge in [0.1, 0.15) is 11.6 Å². The Morgan fingerprint density at radius 1 is 1.07 bits per heavy atom. The van der Waals surface area contributed by atoms with E-state index in [0.29, 0.717) is 17.6 Å². The van der Waals surface area contributed by atoms with Gasteiger partial charge < -0.3 is 10.1 Å². The van der Waals surface area contributed by atoms with Gasteiger partial charge in [0.15, 0.2) is 0 Å². The molecule has 1 aliphatic carbocycles. The van der Waals surface area contributed by atoms with Crippen molar-refractivity contribution in [1.29, 1.82) is 0 Å². The smallest absolute Gasteiger partial charge is 0.263 e. The molecule has 2 N–H and O–H groups in total. The summed E-state index contributed by atoms with van der Waals surface area (Å²) in [5.74, 6) is 0.955. The molecule has 1 aromatic heterocycles. The van der Waals surface area contributed by atoms with Gasteiger partial charge in [-0.2, -0.15) is 0 Å². The minimum Gasteiger partial charge on any atom is -0.496 e. The average Bonchev–Trinajstić information content (AvgIpc) is 2.92. The van der Waals surface area contributed by atoms with Crippen LogP contribution >= 0.6 is 0 Å². The number of hydrogen-bond donors (Lipinski definition) is 2. The maximum Gasteiger partial charge on any atom is 0.263 e. The van der Waals surface area contributed by atoms with E-state index in [1.165, 1.54) is 44.6 Å². The minimum absolute atomic E-state index is 0.184. The Kier molecular flexibility index (Phi) is 6.21. The van der Waals surface area contributed by atoms with Crippen molar-refractivity contribution in [2.75, 3.05) is 17.1 Å². The highest BCUT2D eigenvalue weighted by Gasteiger charge is 2.17. The number of anilines is 2. The number of sulfonamides is 1. The van der Waals surface area contributed by atoms with Crippen LogP contribution in [0.4, 0.5) is 11.5 Å². The van der Waals surface area contributed by atoms with Crippen LogP contribution < -0.4 is 14.8 Å². The van der Waals surface area contributed by atoms with Crippen LogP contribution in [0.15, 0.2) is 41.4 Å². The molecule has 0 unspecified atom stereocenters. The van der Waals surface area contributed by atoms with Crippen molar-refractivity contribution >= 4 is 21.5 Å². The lowest BCUT2D eigenvalue weighted by Crippen LogP contribution is -2.18. The molecule has 0 atom stereocenters. The van der Waals surface area contributed by atoms with Crippen molar-refractivity contribution in [3.8, 4) is 5.75 Å². The molecule has 1 saturated carbocycles. The molecule has 1 aromatic carbocycles. The molecule has 0 amide bonds. The maximum atomic E-state index is 12.6. The summed E-state index contributed by atoms with van der Waals surface area (Å²) in [4.78, 5) is 4.44. The summed E-state index contributed by atoms with van der Waals surface area (Å²) in [7, 11) is -2.14. The fourth-order valence-electron chi connectivity index (χ4n) is 3.41. The highest BCUT2D eigenvalue weighted by molar-refractivity contribution is 7.92. The van der Waals surface area contributed by atoms with Crippen molar-refractivity contribution in [2.45, 2.75) is 56.4 Å². The van der Waals surface area contributed by atoms with Crippen LogP contribution in [0.5, 0.6) is 5.75 Å². The van der Waals surface area contributed by atoms with Gasteiger partial charge in [0.25, 0.3) is 10.0 Å². The number of benzene rings is 1. The second-order valence-electron chi connectivity index (χ2n) is 7.00. The second-order valence-corrected chi connectivity index (χ2v) is 8.68. The van der Waals surface area contributed by atoms with Crippen molar-refractivity contribution < 1.29 is 13.2 Å². The molecule has 1 fully saturated rings. The molecule has 0 saturated heterocycles. The van der Waals surface area contributed by atoms with E-state index >= 15 is 0 Å². The highest BCUT2D eigenvalue weighted by Crippen LogP contribution is 2.24. The summed E-state index contributed by atoms with van der Waals surface area (Å²) >= 11 is 0. The number of ether oxygens (including phenoxy) is 1. The van der Waals surface area contributed by atoms with Crippen LogP contribution in [0.3, 0.4) is 0 Å². The number of rotatable bonds is 6. The number of pyridine rings is 1. The molecule has 0 aliphatic heterocycles. The Labute approximate surface area is 161 Å². The first-order chi connectivity index (χ1) is 13.0. The zero-order chi connectivity index (χ0) is 19.3. The second kappa shape index (κ2) is 8.61. The quantitative estimate of drug-likeness (QED) is 0.719. The third-order valence-electron chi connectivity index (χ3n) is 4.90. The molecule has 7 heteroatoms. The van der Waals surface area contributed by atoms with Crippen molar-refractivity contribution in [3.05, 3.63) is 42.1 Å². The minimum atomic E-state index is -3.69. The first kappa shape index (κ1) is 19.5. The van der Waals surface area contributed by atoms with Crippen molar-refractivity contribution in [2.24, 2.45) is 0 Å². The van der Waals surface area contributed by atoms with Gasteiger partial charge in [-0.3, -0.25) is 4.72 Å². The number of hydrogen-bond acceptors (Lipinski definition) is 5. The van der Waals surface area contributed by atoms with Gasteiger partial charge in [-0.15, -0.1) is 0 Å². The number of nitrogens with one attached hydrogen (secondary N) is 2. The molecule has 6 nitrogen and oxygen atoms in total. The fourth-order valence-corrected chi connectivity index (χ4v) is 4.51. The zero-order valence-electron chi connectivity index (χ0n) is 15.9. The van der Waals surface area contributed by atoms with E-state index in [-0.39, 0.29) is 4.90 Å². The van der Waals surface area contributed by atoms with E-state index in [1.807, 2.05) is 13.0 Å². The molecule has 3 rings (SSSR count). The van der Waals surface area contributed by atoms with Crippen LogP contribution in [0.2, 0.25) is 0 Å². The van der Waals surface area contributed by atoms with Crippen LogP contribution in [-0.4, -0.2) is 26.6 Å². The average molecular weight is 390 g/mol. The predicted molar refractivity (Wildman–Crippen MR) is 108 cm³/mol. The van der Waals surface area contributed by atoms with Crippen molar-refractivity contribution in [3.63, 3.8) is 0 Å². The molecule has 0 radical (unpaired) electrons. The van der Waals surface area contributed by atoms with E-state index in [2.05, 4.69) is 15.0 Å². The summed E-state index contributed by atoms with van der Waals surface area (Å²) < 4.78 is 32.9. The van der Waals surface area contributed by atoms with Gasteiger partial charge in [-0.05, 0) is 55.7 Å². The van der Waals surface area contributed by atoms with Gasteiger partial charge >= 0.3 is 0 Å². The Morgan fingerprint density at radius 3 is 2.41 bits per heavy atom. The number of methoxy groups -OCH3 is 1. The van der Waals surface area contributed by atoms with Gasteiger partial charge in [0.05, 0.1) is 23.9 Å². The first-order valence-corrected chi connectivity index (χ1v) is 10.9. The lowest BCUT2D eigenvalue weighted by molar-refractivity contribution is 0.411. The van der Waals surface area contributed by atoms with Gasteiger partial charge in [-0.25, -0.2) is 13.4 Å². The first-order valence-electron chi connectivity index (χ1n) is 9.38. The molecule has 0 bridgehead atoms. The number of nitrogens with zero attached hydrogens (tertiary/aromatic N) is 1. The fraction of sp³-hybridized carbons (Fsp3) is 0.450.